The maximum atomic E-state index is 12.6. The van der Waals surface area contributed by atoms with Crippen molar-refractivity contribution in [2.24, 2.45) is 0 Å². The summed E-state index contributed by atoms with van der Waals surface area (Å²) in [4.78, 5) is 12.6. The molecule has 0 aliphatic rings. The maximum absolute atomic E-state index is 12.6. The summed E-state index contributed by atoms with van der Waals surface area (Å²) in [6, 6.07) is 7.79. The molecule has 0 aliphatic carbocycles. The van der Waals surface area contributed by atoms with E-state index in [0.29, 0.717) is 37.0 Å². The Morgan fingerprint density at radius 3 is 1.69 bits per heavy atom. The number of phenolic OH excluding ortho intramolecular Hbond substituents is 2. The molecule has 3 N–H and O–H groups in total. The Kier molecular flexibility index (Phi) is 15.8. The van der Waals surface area contributed by atoms with E-state index < -0.39 is 0 Å². The fourth-order valence-corrected chi connectivity index (χ4v) is 5.22. The number of benzene rings is 2. The third-order valence-electron chi connectivity index (χ3n) is 7.98. The highest BCUT2D eigenvalue weighted by molar-refractivity contribution is 5.91. The van der Waals surface area contributed by atoms with E-state index in [4.69, 9.17) is 9.47 Å². The predicted octanol–water partition coefficient (Wildman–Crippen LogP) is 9.76. The largest absolute Gasteiger partial charge is 0.507 e. The van der Waals surface area contributed by atoms with Gasteiger partial charge in [0.2, 0.25) is 11.7 Å². The van der Waals surface area contributed by atoms with Crippen molar-refractivity contribution in [1.82, 2.24) is 5.32 Å². The number of amides is 1. The number of aromatic hydroxyl groups is 2. The third kappa shape index (κ3) is 13.4. The van der Waals surface area contributed by atoms with Gasteiger partial charge in [-0.3, -0.25) is 4.79 Å². The van der Waals surface area contributed by atoms with E-state index in [1.807, 2.05) is 0 Å². The summed E-state index contributed by atoms with van der Waals surface area (Å²) < 4.78 is 11.8. The second kappa shape index (κ2) is 18.7. The fourth-order valence-electron chi connectivity index (χ4n) is 5.22. The van der Waals surface area contributed by atoms with Crippen molar-refractivity contribution in [2.45, 2.75) is 137 Å². The molecule has 0 saturated carbocycles. The van der Waals surface area contributed by atoms with Crippen LogP contribution in [0.5, 0.6) is 23.0 Å². The van der Waals surface area contributed by atoms with Crippen molar-refractivity contribution in [1.29, 1.82) is 0 Å². The van der Waals surface area contributed by atoms with Gasteiger partial charge in [-0.2, -0.15) is 0 Å². The van der Waals surface area contributed by atoms with Crippen molar-refractivity contribution >= 4 is 12.0 Å². The number of nitrogens with one attached hydrogen (secondary N) is 1. The molecule has 0 aromatic heterocycles. The lowest BCUT2D eigenvalue weighted by atomic mass is 9.78. The summed E-state index contributed by atoms with van der Waals surface area (Å²) in [6.07, 6.45) is 14.6. The van der Waals surface area contributed by atoms with E-state index in [2.05, 4.69) is 72.8 Å². The van der Waals surface area contributed by atoms with Gasteiger partial charge < -0.3 is 25.0 Å². The number of hydrogen-bond donors (Lipinski definition) is 3. The first kappa shape index (κ1) is 38.0. The van der Waals surface area contributed by atoms with Gasteiger partial charge in [-0.1, -0.05) is 106 Å². The standard InChI is InChI=1S/C39H61NO5/c1-9-11-13-17-23-44-33-27-30(28-34(37(33)43)45-24-18-14-12-10-2)20-21-35(41)40-22-16-15-19-29-25-31(38(3,4)5)36(42)32(26-29)39(6,7)8/h20-21,25-28,42-43H,9-19,22-24H2,1-8H3,(H,40,41)/b21-20+. The lowest BCUT2D eigenvalue weighted by molar-refractivity contribution is -0.116. The molecule has 0 bridgehead atoms. The van der Waals surface area contributed by atoms with E-state index in [0.717, 1.165) is 87.3 Å². The highest BCUT2D eigenvalue weighted by Crippen LogP contribution is 2.40. The second-order valence-electron chi connectivity index (χ2n) is 14.3. The molecule has 2 rings (SSSR count). The molecule has 0 radical (unpaired) electrons. The molecule has 0 atom stereocenters. The van der Waals surface area contributed by atoms with Gasteiger partial charge in [0.15, 0.2) is 11.5 Å². The highest BCUT2D eigenvalue weighted by atomic mass is 16.5. The van der Waals surface area contributed by atoms with Crippen LogP contribution in [0.1, 0.15) is 142 Å². The molecule has 0 spiro atoms. The van der Waals surface area contributed by atoms with Crippen LogP contribution in [0.2, 0.25) is 0 Å². The third-order valence-corrected chi connectivity index (χ3v) is 7.98. The Morgan fingerprint density at radius 1 is 0.711 bits per heavy atom. The van der Waals surface area contributed by atoms with E-state index in [9.17, 15) is 15.0 Å². The van der Waals surface area contributed by atoms with Gasteiger partial charge in [0.25, 0.3) is 0 Å². The molecular weight excluding hydrogens is 562 g/mol. The van der Waals surface area contributed by atoms with E-state index in [1.165, 1.54) is 11.6 Å². The molecule has 6 heteroatoms. The molecule has 6 nitrogen and oxygen atoms in total. The van der Waals surface area contributed by atoms with Crippen LogP contribution in [0.3, 0.4) is 0 Å². The Labute approximate surface area is 273 Å². The SMILES string of the molecule is CCCCCCOc1cc(/C=C/C(=O)NCCCCc2cc(C(C)(C)C)c(O)c(C(C)(C)C)c2)cc(OCCCCCC)c1O. The molecule has 0 heterocycles. The average Bonchev–Trinajstić information content (AvgIpc) is 2.96. The monoisotopic (exact) mass is 623 g/mol. The molecule has 2 aromatic carbocycles. The lowest BCUT2D eigenvalue weighted by Gasteiger charge is -2.28. The van der Waals surface area contributed by atoms with Gasteiger partial charge in [-0.05, 0) is 83.4 Å². The Hall–Kier alpha value is -3.15. The summed E-state index contributed by atoms with van der Waals surface area (Å²) in [7, 11) is 0. The molecule has 0 saturated heterocycles. The minimum Gasteiger partial charge on any atom is -0.507 e. The van der Waals surface area contributed by atoms with E-state index in [-0.39, 0.29) is 22.5 Å². The number of ether oxygens (including phenoxy) is 2. The van der Waals surface area contributed by atoms with Gasteiger partial charge in [-0.25, -0.2) is 0 Å². The molecule has 1 amide bonds. The first-order valence-electron chi connectivity index (χ1n) is 17.2. The van der Waals surface area contributed by atoms with Gasteiger partial charge in [-0.15, -0.1) is 0 Å². The molecular formula is C39H61NO5. The normalized spacial score (nSPS) is 12.1. The molecule has 252 valence electrons. The summed E-state index contributed by atoms with van der Waals surface area (Å²) in [6.45, 7) is 18.7. The summed E-state index contributed by atoms with van der Waals surface area (Å²) >= 11 is 0. The minimum absolute atomic E-state index is 0.0143. The summed E-state index contributed by atoms with van der Waals surface area (Å²) in [5.74, 6) is 1.03. The zero-order chi connectivity index (χ0) is 33.5. The first-order chi connectivity index (χ1) is 21.3. The van der Waals surface area contributed by atoms with Crippen LogP contribution in [-0.2, 0) is 22.0 Å². The molecule has 0 aliphatic heterocycles. The van der Waals surface area contributed by atoms with E-state index >= 15 is 0 Å². The number of phenols is 2. The minimum atomic E-state index is -0.165. The van der Waals surface area contributed by atoms with E-state index in [1.54, 1.807) is 18.2 Å². The smallest absolute Gasteiger partial charge is 0.243 e. The average molecular weight is 624 g/mol. The number of carbonyl (C=O) groups is 1. The van der Waals surface area contributed by atoms with Crippen LogP contribution in [0.15, 0.2) is 30.3 Å². The molecule has 45 heavy (non-hydrogen) atoms. The quantitative estimate of drug-likeness (QED) is 0.107. The van der Waals surface area contributed by atoms with Crippen LogP contribution >= 0.6 is 0 Å². The van der Waals surface area contributed by atoms with Gasteiger partial charge in [0, 0.05) is 12.6 Å². The second-order valence-corrected chi connectivity index (χ2v) is 14.3. The summed E-state index contributed by atoms with van der Waals surface area (Å²) in [5.41, 5.74) is 3.61. The van der Waals surface area contributed by atoms with Crippen LogP contribution in [0.4, 0.5) is 0 Å². The van der Waals surface area contributed by atoms with Gasteiger partial charge in [0.1, 0.15) is 5.75 Å². The van der Waals surface area contributed by atoms with Crippen LogP contribution in [0, 0.1) is 0 Å². The topological polar surface area (TPSA) is 88.0 Å². The highest BCUT2D eigenvalue weighted by Gasteiger charge is 2.26. The fraction of sp³-hybridized carbons (Fsp3) is 0.615. The Balaban J connectivity index is 1.99. The number of carbonyl (C=O) groups excluding carboxylic acids is 1. The van der Waals surface area contributed by atoms with Gasteiger partial charge in [0.05, 0.1) is 13.2 Å². The number of aryl methyl sites for hydroxylation is 1. The summed E-state index contributed by atoms with van der Waals surface area (Å²) in [5, 5.41) is 24.8. The zero-order valence-corrected chi connectivity index (χ0v) is 29.5. The van der Waals surface area contributed by atoms with Crippen molar-refractivity contribution in [3.8, 4) is 23.0 Å². The zero-order valence-electron chi connectivity index (χ0n) is 29.5. The van der Waals surface area contributed by atoms with Crippen molar-refractivity contribution in [3.63, 3.8) is 0 Å². The lowest BCUT2D eigenvalue weighted by Crippen LogP contribution is -2.22. The first-order valence-corrected chi connectivity index (χ1v) is 17.2. The van der Waals surface area contributed by atoms with Crippen molar-refractivity contribution < 1.29 is 24.5 Å². The maximum Gasteiger partial charge on any atom is 0.243 e. The molecule has 0 unspecified atom stereocenters. The molecule has 0 fully saturated rings. The van der Waals surface area contributed by atoms with Crippen LogP contribution in [-0.4, -0.2) is 35.9 Å². The number of rotatable bonds is 19. The van der Waals surface area contributed by atoms with Gasteiger partial charge >= 0.3 is 0 Å². The molecule has 2 aromatic rings. The number of unbranched alkanes of at least 4 members (excludes halogenated alkanes) is 7. The van der Waals surface area contributed by atoms with Crippen LogP contribution in [0.25, 0.3) is 6.08 Å². The Bertz CT molecular complexity index is 1150. The van der Waals surface area contributed by atoms with Crippen molar-refractivity contribution in [3.05, 3.63) is 52.6 Å². The predicted molar refractivity (Wildman–Crippen MR) is 188 cm³/mol. The van der Waals surface area contributed by atoms with Crippen LogP contribution < -0.4 is 14.8 Å². The van der Waals surface area contributed by atoms with Crippen molar-refractivity contribution in [2.75, 3.05) is 19.8 Å². The Morgan fingerprint density at radius 2 is 1.22 bits per heavy atom. The number of hydrogen-bond acceptors (Lipinski definition) is 5.